The Labute approximate surface area is 115 Å². The highest BCUT2D eigenvalue weighted by molar-refractivity contribution is 9.10. The van der Waals surface area contributed by atoms with Gasteiger partial charge in [-0.3, -0.25) is 10.1 Å². The molecule has 0 spiro atoms. The molecule has 0 radical (unpaired) electrons. The first-order valence-electron chi connectivity index (χ1n) is 6.28. The topological polar surface area (TPSA) is 55.2 Å². The number of anilines is 1. The van der Waals surface area contributed by atoms with Crippen LogP contribution in [0.4, 0.5) is 11.4 Å². The normalized spacial score (nSPS) is 17.7. The van der Waals surface area contributed by atoms with Crippen molar-refractivity contribution in [1.29, 1.82) is 0 Å². The predicted octanol–water partition coefficient (Wildman–Crippen LogP) is 4.35. The molecule has 0 heterocycles. The Morgan fingerprint density at radius 1 is 1.44 bits per heavy atom. The molecule has 1 aliphatic rings. The van der Waals surface area contributed by atoms with Crippen LogP contribution in [0.1, 0.15) is 32.6 Å². The summed E-state index contributed by atoms with van der Waals surface area (Å²) >= 11 is 3.26. The molecule has 1 atom stereocenters. The summed E-state index contributed by atoms with van der Waals surface area (Å²) in [7, 11) is 0. The lowest BCUT2D eigenvalue weighted by Gasteiger charge is -2.21. The first kappa shape index (κ1) is 13.3. The Kier molecular flexibility index (Phi) is 4.22. The monoisotopic (exact) mass is 312 g/mol. The van der Waals surface area contributed by atoms with Crippen molar-refractivity contribution in [3.8, 4) is 0 Å². The van der Waals surface area contributed by atoms with Gasteiger partial charge >= 0.3 is 0 Å². The minimum atomic E-state index is -0.339. The molecule has 1 N–H and O–H groups in total. The molecule has 0 aromatic heterocycles. The van der Waals surface area contributed by atoms with Crippen molar-refractivity contribution in [3.05, 3.63) is 32.8 Å². The van der Waals surface area contributed by atoms with Gasteiger partial charge < -0.3 is 5.32 Å². The first-order valence-corrected chi connectivity index (χ1v) is 7.07. The van der Waals surface area contributed by atoms with Gasteiger partial charge in [-0.2, -0.15) is 0 Å². The number of halogens is 1. The number of benzene rings is 1. The maximum Gasteiger partial charge on any atom is 0.293 e. The Balaban J connectivity index is 2.15. The van der Waals surface area contributed by atoms with Crippen LogP contribution in [0.2, 0.25) is 0 Å². The van der Waals surface area contributed by atoms with Crippen LogP contribution in [0, 0.1) is 16.0 Å². The summed E-state index contributed by atoms with van der Waals surface area (Å²) in [5.74, 6) is 0.633. The van der Waals surface area contributed by atoms with Crippen LogP contribution >= 0.6 is 15.9 Å². The minimum absolute atomic E-state index is 0.134. The van der Waals surface area contributed by atoms with Crippen LogP contribution < -0.4 is 5.32 Å². The average molecular weight is 313 g/mol. The van der Waals surface area contributed by atoms with Crippen molar-refractivity contribution in [2.45, 2.75) is 38.6 Å². The summed E-state index contributed by atoms with van der Waals surface area (Å²) < 4.78 is 0.730. The van der Waals surface area contributed by atoms with Crippen LogP contribution in [0.3, 0.4) is 0 Å². The summed E-state index contributed by atoms with van der Waals surface area (Å²) in [5.41, 5.74) is 0.747. The van der Waals surface area contributed by atoms with Gasteiger partial charge in [0, 0.05) is 16.6 Å². The zero-order chi connectivity index (χ0) is 13.1. The van der Waals surface area contributed by atoms with Gasteiger partial charge in [0.05, 0.1) is 4.92 Å². The van der Waals surface area contributed by atoms with Gasteiger partial charge in [-0.05, 0) is 37.8 Å². The van der Waals surface area contributed by atoms with Crippen molar-refractivity contribution in [3.63, 3.8) is 0 Å². The molecule has 1 aromatic carbocycles. The second-order valence-corrected chi connectivity index (χ2v) is 5.81. The Bertz CT molecular complexity index is 445. The molecular weight excluding hydrogens is 296 g/mol. The molecule has 1 aromatic rings. The third kappa shape index (κ3) is 3.02. The molecule has 1 unspecified atom stereocenters. The van der Waals surface area contributed by atoms with E-state index in [1.165, 1.54) is 25.7 Å². The van der Waals surface area contributed by atoms with Gasteiger partial charge in [0.1, 0.15) is 5.69 Å². The lowest BCUT2D eigenvalue weighted by Crippen LogP contribution is -2.24. The molecule has 5 heteroatoms. The Hall–Kier alpha value is -1.10. The van der Waals surface area contributed by atoms with Crippen LogP contribution in [0.15, 0.2) is 22.7 Å². The molecule has 2 rings (SSSR count). The number of nitro benzene ring substituents is 1. The smallest absolute Gasteiger partial charge is 0.293 e. The van der Waals surface area contributed by atoms with E-state index in [9.17, 15) is 10.1 Å². The zero-order valence-corrected chi connectivity index (χ0v) is 11.9. The van der Waals surface area contributed by atoms with E-state index in [4.69, 9.17) is 0 Å². The van der Waals surface area contributed by atoms with E-state index in [0.717, 1.165) is 4.47 Å². The van der Waals surface area contributed by atoms with E-state index < -0.39 is 0 Å². The zero-order valence-electron chi connectivity index (χ0n) is 10.4. The standard InChI is InChI=1S/C13H17BrN2O2/c1-9(10-4-2-3-5-10)15-12-7-6-11(14)8-13(12)16(17)18/h6-10,15H,2-5H2,1H3. The molecule has 0 saturated heterocycles. The highest BCUT2D eigenvalue weighted by Gasteiger charge is 2.23. The number of nitrogens with one attached hydrogen (secondary N) is 1. The Morgan fingerprint density at radius 3 is 2.72 bits per heavy atom. The van der Waals surface area contributed by atoms with Gasteiger partial charge in [0.2, 0.25) is 0 Å². The van der Waals surface area contributed by atoms with Gasteiger partial charge in [0.25, 0.3) is 5.69 Å². The van der Waals surface area contributed by atoms with Gasteiger partial charge in [-0.15, -0.1) is 0 Å². The highest BCUT2D eigenvalue weighted by atomic mass is 79.9. The van der Waals surface area contributed by atoms with E-state index in [1.54, 1.807) is 12.1 Å². The molecule has 1 saturated carbocycles. The highest BCUT2D eigenvalue weighted by Crippen LogP contribution is 2.33. The molecule has 1 aliphatic carbocycles. The number of nitro groups is 1. The predicted molar refractivity (Wildman–Crippen MR) is 75.8 cm³/mol. The molecule has 0 amide bonds. The fourth-order valence-electron chi connectivity index (χ4n) is 2.60. The largest absolute Gasteiger partial charge is 0.377 e. The van der Waals surface area contributed by atoms with Gasteiger partial charge in [0.15, 0.2) is 0 Å². The molecular formula is C13H17BrN2O2. The molecule has 0 bridgehead atoms. The first-order chi connectivity index (χ1) is 8.58. The fourth-order valence-corrected chi connectivity index (χ4v) is 2.95. The molecule has 1 fully saturated rings. The number of rotatable bonds is 4. The van der Waals surface area contributed by atoms with Crippen LogP contribution in [0.25, 0.3) is 0 Å². The van der Waals surface area contributed by atoms with Crippen molar-refractivity contribution < 1.29 is 4.92 Å². The summed E-state index contributed by atoms with van der Waals surface area (Å²) in [6, 6.07) is 5.43. The van der Waals surface area contributed by atoms with Crippen LogP contribution in [-0.4, -0.2) is 11.0 Å². The SMILES string of the molecule is CC(Nc1ccc(Br)cc1[N+](=O)[O-])C1CCCC1. The van der Waals surface area contributed by atoms with Crippen LogP contribution in [0.5, 0.6) is 0 Å². The van der Waals surface area contributed by atoms with Gasteiger partial charge in [-0.1, -0.05) is 28.8 Å². The van der Waals surface area contributed by atoms with Crippen molar-refractivity contribution in [2.75, 3.05) is 5.32 Å². The lowest BCUT2D eigenvalue weighted by molar-refractivity contribution is -0.384. The summed E-state index contributed by atoms with van der Waals surface area (Å²) in [6.45, 7) is 2.11. The fraction of sp³-hybridized carbons (Fsp3) is 0.538. The summed E-state index contributed by atoms with van der Waals surface area (Å²) in [6.07, 6.45) is 5.00. The maximum atomic E-state index is 11.0. The van der Waals surface area contributed by atoms with E-state index in [0.29, 0.717) is 11.6 Å². The van der Waals surface area contributed by atoms with Crippen LogP contribution in [-0.2, 0) is 0 Å². The third-order valence-corrected chi connectivity index (χ3v) is 4.14. The molecule has 18 heavy (non-hydrogen) atoms. The van der Waals surface area contributed by atoms with E-state index >= 15 is 0 Å². The molecule has 0 aliphatic heterocycles. The summed E-state index contributed by atoms with van der Waals surface area (Å²) in [5, 5.41) is 14.3. The van der Waals surface area contributed by atoms with E-state index in [1.807, 2.05) is 6.07 Å². The Morgan fingerprint density at radius 2 is 2.11 bits per heavy atom. The van der Waals surface area contributed by atoms with Crippen molar-refractivity contribution >= 4 is 27.3 Å². The lowest BCUT2D eigenvalue weighted by atomic mass is 9.99. The van der Waals surface area contributed by atoms with Crippen molar-refractivity contribution in [2.24, 2.45) is 5.92 Å². The second-order valence-electron chi connectivity index (χ2n) is 4.90. The van der Waals surface area contributed by atoms with E-state index in [-0.39, 0.29) is 16.7 Å². The number of hydrogen-bond acceptors (Lipinski definition) is 3. The van der Waals surface area contributed by atoms with Gasteiger partial charge in [-0.25, -0.2) is 0 Å². The minimum Gasteiger partial charge on any atom is -0.377 e. The quantitative estimate of drug-likeness (QED) is 0.664. The molecule has 98 valence electrons. The number of nitrogens with zero attached hydrogens (tertiary/aromatic N) is 1. The average Bonchev–Trinajstić information content (AvgIpc) is 2.84. The summed E-state index contributed by atoms with van der Waals surface area (Å²) in [4.78, 5) is 10.7. The third-order valence-electron chi connectivity index (χ3n) is 3.65. The number of hydrogen-bond donors (Lipinski definition) is 1. The van der Waals surface area contributed by atoms with Crippen molar-refractivity contribution in [1.82, 2.24) is 0 Å². The maximum absolute atomic E-state index is 11.0. The second kappa shape index (κ2) is 5.69. The van der Waals surface area contributed by atoms with E-state index in [2.05, 4.69) is 28.2 Å². The molecule has 4 nitrogen and oxygen atoms in total.